The predicted octanol–water partition coefficient (Wildman–Crippen LogP) is 0.695. The third-order valence-corrected chi connectivity index (χ3v) is 2.08. The molecule has 0 bridgehead atoms. The monoisotopic (exact) mass is 249 g/mol. The zero-order chi connectivity index (χ0) is 12.3. The number of benzene rings is 1. The van der Waals surface area contributed by atoms with Gasteiger partial charge in [-0.25, -0.2) is 4.57 Å². The van der Waals surface area contributed by atoms with Gasteiger partial charge in [0.15, 0.2) is 6.29 Å². The van der Waals surface area contributed by atoms with E-state index in [1.54, 1.807) is 0 Å². The minimum absolute atomic E-state index is 0.113. The number of phosphoric ester groups is 1. The molecular formula is C7H8NO7P. The number of aliphatic hydroxyl groups is 1. The largest absolute Gasteiger partial charge is 0.472 e. The number of hydrogen-bond acceptors (Lipinski definition) is 5. The van der Waals surface area contributed by atoms with Crippen molar-refractivity contribution in [3.8, 4) is 0 Å². The fourth-order valence-electron chi connectivity index (χ4n) is 0.983. The first-order chi connectivity index (χ1) is 7.29. The number of hydrogen-bond donors (Lipinski definition) is 3. The smallest absolute Gasteiger partial charge is 0.364 e. The second-order valence-corrected chi connectivity index (χ2v) is 3.99. The third-order valence-electron chi connectivity index (χ3n) is 1.60. The topological polar surface area (TPSA) is 130 Å². The van der Waals surface area contributed by atoms with Gasteiger partial charge >= 0.3 is 7.82 Å². The van der Waals surface area contributed by atoms with Gasteiger partial charge in [0, 0.05) is 17.7 Å². The zero-order valence-electron chi connectivity index (χ0n) is 7.76. The lowest BCUT2D eigenvalue weighted by molar-refractivity contribution is -0.385. The van der Waals surface area contributed by atoms with Gasteiger partial charge in [0.05, 0.1) is 4.92 Å². The van der Waals surface area contributed by atoms with E-state index in [0.29, 0.717) is 0 Å². The Morgan fingerprint density at radius 1 is 1.44 bits per heavy atom. The Labute approximate surface area is 89.5 Å². The number of nitro benzene ring substituents is 1. The molecule has 3 N–H and O–H groups in total. The maximum atomic E-state index is 10.4. The molecule has 9 heteroatoms. The minimum atomic E-state index is -4.85. The molecule has 8 nitrogen and oxygen atoms in total. The molecule has 0 fully saturated rings. The molecule has 0 aliphatic carbocycles. The van der Waals surface area contributed by atoms with Crippen molar-refractivity contribution in [2.75, 3.05) is 0 Å². The van der Waals surface area contributed by atoms with Crippen LogP contribution >= 0.6 is 7.82 Å². The highest BCUT2D eigenvalue weighted by molar-refractivity contribution is 7.46. The Hall–Kier alpha value is -1.31. The van der Waals surface area contributed by atoms with Crippen LogP contribution in [0.5, 0.6) is 0 Å². The lowest BCUT2D eigenvalue weighted by atomic mass is 10.2. The summed E-state index contributed by atoms with van der Waals surface area (Å²) < 4.78 is 14.4. The van der Waals surface area contributed by atoms with Gasteiger partial charge in [-0.15, -0.1) is 0 Å². The molecule has 0 radical (unpaired) electrons. The van der Waals surface area contributed by atoms with E-state index in [1.807, 2.05) is 0 Å². The van der Waals surface area contributed by atoms with E-state index in [0.717, 1.165) is 6.07 Å². The van der Waals surface area contributed by atoms with Gasteiger partial charge in [-0.2, -0.15) is 0 Å². The first kappa shape index (κ1) is 12.8. The van der Waals surface area contributed by atoms with Gasteiger partial charge in [-0.3, -0.25) is 14.6 Å². The first-order valence-electron chi connectivity index (χ1n) is 3.96. The van der Waals surface area contributed by atoms with E-state index in [4.69, 9.17) is 9.79 Å². The molecule has 0 amide bonds. The van der Waals surface area contributed by atoms with Crippen LogP contribution in [0.4, 0.5) is 5.69 Å². The van der Waals surface area contributed by atoms with Crippen molar-refractivity contribution in [1.82, 2.24) is 0 Å². The summed E-state index contributed by atoms with van der Waals surface area (Å²) in [7, 11) is -4.85. The normalized spacial score (nSPS) is 13.4. The summed E-state index contributed by atoms with van der Waals surface area (Å²) in [6, 6.07) is 4.64. The van der Waals surface area contributed by atoms with E-state index < -0.39 is 19.0 Å². The van der Waals surface area contributed by atoms with Crippen molar-refractivity contribution in [3.05, 3.63) is 39.9 Å². The fraction of sp³-hybridized carbons (Fsp3) is 0.143. The minimum Gasteiger partial charge on any atom is -0.364 e. The van der Waals surface area contributed by atoms with Crippen molar-refractivity contribution < 1.29 is 28.9 Å². The summed E-state index contributed by atoms with van der Waals surface area (Å²) in [6.45, 7) is 0. The van der Waals surface area contributed by atoms with Gasteiger partial charge in [-0.1, -0.05) is 12.1 Å². The van der Waals surface area contributed by atoms with Crippen molar-refractivity contribution in [1.29, 1.82) is 0 Å². The van der Waals surface area contributed by atoms with E-state index in [9.17, 15) is 19.8 Å². The quantitative estimate of drug-likeness (QED) is 0.309. The molecule has 0 spiro atoms. The predicted molar refractivity (Wildman–Crippen MR) is 51.2 cm³/mol. The SMILES string of the molecule is O=[N+]([O-])c1cccc(C(O)OP(=O)(O)O)c1. The molecule has 1 unspecified atom stereocenters. The summed E-state index contributed by atoms with van der Waals surface area (Å²) in [5.41, 5.74) is -0.427. The Balaban J connectivity index is 2.92. The molecule has 16 heavy (non-hydrogen) atoms. The van der Waals surface area contributed by atoms with Crippen LogP contribution in [0.3, 0.4) is 0 Å². The third kappa shape index (κ3) is 3.69. The van der Waals surface area contributed by atoms with Crippen LogP contribution in [-0.2, 0) is 9.09 Å². The molecule has 1 aromatic carbocycles. The van der Waals surface area contributed by atoms with Crippen molar-refractivity contribution in [3.63, 3.8) is 0 Å². The summed E-state index contributed by atoms with van der Waals surface area (Å²) in [5, 5.41) is 19.6. The van der Waals surface area contributed by atoms with Crippen LogP contribution in [0.2, 0.25) is 0 Å². The van der Waals surface area contributed by atoms with Crippen LogP contribution in [0.1, 0.15) is 11.9 Å². The van der Waals surface area contributed by atoms with E-state index in [1.165, 1.54) is 18.2 Å². The lowest BCUT2D eigenvalue weighted by Gasteiger charge is -2.12. The Kier molecular flexibility index (Phi) is 3.74. The standard InChI is InChI=1S/C7H8NO7P/c9-7(15-16(12,13)14)5-2-1-3-6(4-5)8(10)11/h1-4,7,9H,(H2,12,13,14). The summed E-state index contributed by atoms with van der Waals surface area (Å²) in [6.07, 6.45) is -1.92. The molecule has 1 rings (SSSR count). The Bertz CT molecular complexity index is 442. The van der Waals surface area contributed by atoms with Crippen LogP contribution in [0, 0.1) is 10.1 Å². The summed E-state index contributed by atoms with van der Waals surface area (Å²) in [5.74, 6) is 0. The number of aliphatic hydroxyl groups excluding tert-OH is 1. The molecule has 0 saturated carbocycles. The summed E-state index contributed by atoms with van der Waals surface area (Å²) in [4.78, 5) is 26.5. The highest BCUT2D eigenvalue weighted by Gasteiger charge is 2.22. The molecule has 88 valence electrons. The van der Waals surface area contributed by atoms with Gasteiger partial charge < -0.3 is 14.9 Å². The summed E-state index contributed by atoms with van der Waals surface area (Å²) >= 11 is 0. The number of non-ortho nitro benzene ring substituents is 1. The van der Waals surface area contributed by atoms with Gasteiger partial charge in [-0.05, 0) is 0 Å². The molecule has 0 heterocycles. The van der Waals surface area contributed by atoms with Crippen LogP contribution in [0.15, 0.2) is 24.3 Å². The zero-order valence-corrected chi connectivity index (χ0v) is 8.65. The van der Waals surface area contributed by atoms with E-state index in [-0.39, 0.29) is 11.3 Å². The average molecular weight is 249 g/mol. The van der Waals surface area contributed by atoms with Gasteiger partial charge in [0.1, 0.15) is 0 Å². The number of nitrogens with zero attached hydrogens (tertiary/aromatic N) is 1. The van der Waals surface area contributed by atoms with E-state index in [2.05, 4.69) is 4.52 Å². The maximum absolute atomic E-state index is 10.4. The fourth-order valence-corrected chi connectivity index (χ4v) is 1.36. The number of nitro groups is 1. The highest BCUT2D eigenvalue weighted by Crippen LogP contribution is 2.41. The number of phosphoric acid groups is 1. The molecule has 0 aliphatic rings. The first-order valence-corrected chi connectivity index (χ1v) is 5.49. The molecule has 0 saturated heterocycles. The van der Waals surface area contributed by atoms with Crippen molar-refractivity contribution in [2.24, 2.45) is 0 Å². The highest BCUT2D eigenvalue weighted by atomic mass is 31.2. The van der Waals surface area contributed by atoms with E-state index >= 15 is 0 Å². The second kappa shape index (κ2) is 4.69. The molecule has 1 aromatic rings. The van der Waals surface area contributed by atoms with Crippen LogP contribution in [-0.4, -0.2) is 19.8 Å². The van der Waals surface area contributed by atoms with Crippen molar-refractivity contribution >= 4 is 13.5 Å². The average Bonchev–Trinajstić information content (AvgIpc) is 2.15. The molecule has 0 aliphatic heterocycles. The van der Waals surface area contributed by atoms with Gasteiger partial charge in [0.25, 0.3) is 5.69 Å². The van der Waals surface area contributed by atoms with Gasteiger partial charge in [0.2, 0.25) is 0 Å². The molecule has 0 aromatic heterocycles. The van der Waals surface area contributed by atoms with Crippen LogP contribution in [0.25, 0.3) is 0 Å². The molecule has 1 atom stereocenters. The molecular weight excluding hydrogens is 241 g/mol. The second-order valence-electron chi connectivity index (χ2n) is 2.80. The maximum Gasteiger partial charge on any atom is 0.472 e. The van der Waals surface area contributed by atoms with Crippen molar-refractivity contribution in [2.45, 2.75) is 6.29 Å². The Morgan fingerprint density at radius 3 is 2.56 bits per heavy atom. The number of rotatable bonds is 4. The van der Waals surface area contributed by atoms with Crippen LogP contribution < -0.4 is 0 Å². The Morgan fingerprint density at radius 2 is 2.06 bits per heavy atom. The lowest BCUT2D eigenvalue weighted by Crippen LogP contribution is -2.02.